The number of hydrogen-bond donors (Lipinski definition) is 0. The molecular weight excluding hydrogens is 462 g/mol. The van der Waals surface area contributed by atoms with Crippen LogP contribution < -0.4 is 9.47 Å². The van der Waals surface area contributed by atoms with E-state index in [1.807, 2.05) is 18.2 Å². The Labute approximate surface area is 220 Å². The van der Waals surface area contributed by atoms with Gasteiger partial charge in [-0.25, -0.2) is 0 Å². The molecule has 2 aliphatic rings. The van der Waals surface area contributed by atoms with E-state index in [2.05, 4.69) is 75.6 Å². The Morgan fingerprint density at radius 3 is 2.11 bits per heavy atom. The van der Waals surface area contributed by atoms with Gasteiger partial charge in [0.15, 0.2) is 11.5 Å². The molecule has 0 saturated carbocycles. The van der Waals surface area contributed by atoms with Crippen LogP contribution in [0.1, 0.15) is 42.0 Å². The molecule has 0 amide bonds. The minimum atomic E-state index is 0.143. The lowest BCUT2D eigenvalue weighted by molar-refractivity contribution is 0.0688. The Balaban J connectivity index is 1.09. The zero-order valence-electron chi connectivity index (χ0n) is 21.9. The predicted octanol–water partition coefficient (Wildman–Crippen LogP) is 5.38. The summed E-state index contributed by atoms with van der Waals surface area (Å²) in [7, 11) is 3.30. The predicted molar refractivity (Wildman–Crippen MR) is 148 cm³/mol. The highest BCUT2D eigenvalue weighted by atomic mass is 16.6. The molecule has 194 valence electrons. The van der Waals surface area contributed by atoms with Gasteiger partial charge in [0.25, 0.3) is 0 Å². The van der Waals surface area contributed by atoms with Crippen molar-refractivity contribution >= 4 is 5.71 Å². The molecule has 5 rings (SSSR count). The molecule has 1 fully saturated rings. The summed E-state index contributed by atoms with van der Waals surface area (Å²) in [4.78, 5) is 11.0. The highest BCUT2D eigenvalue weighted by molar-refractivity contribution is 6.01. The van der Waals surface area contributed by atoms with Crippen LogP contribution in [0.2, 0.25) is 0 Å². The fourth-order valence-corrected chi connectivity index (χ4v) is 5.44. The quantitative estimate of drug-likeness (QED) is 0.375. The summed E-state index contributed by atoms with van der Waals surface area (Å²) in [6.45, 7) is 5.42. The lowest BCUT2D eigenvalue weighted by atomic mass is 9.96. The van der Waals surface area contributed by atoms with Crippen LogP contribution in [-0.2, 0) is 4.84 Å². The highest BCUT2D eigenvalue weighted by Gasteiger charge is 2.27. The Kier molecular flexibility index (Phi) is 8.39. The summed E-state index contributed by atoms with van der Waals surface area (Å²) >= 11 is 0. The van der Waals surface area contributed by atoms with Gasteiger partial charge in [-0.15, -0.1) is 0 Å². The fourth-order valence-electron chi connectivity index (χ4n) is 5.44. The molecule has 0 aromatic heterocycles. The molecular formula is C31H37N3O3. The molecule has 0 N–H and O–H groups in total. The first-order valence-electron chi connectivity index (χ1n) is 13.3. The van der Waals surface area contributed by atoms with E-state index < -0.39 is 0 Å². The van der Waals surface area contributed by atoms with Gasteiger partial charge in [-0.1, -0.05) is 65.8 Å². The Hall–Kier alpha value is -3.35. The lowest BCUT2D eigenvalue weighted by Crippen LogP contribution is -2.48. The van der Waals surface area contributed by atoms with Crippen molar-refractivity contribution in [1.29, 1.82) is 0 Å². The molecule has 6 heteroatoms. The molecule has 2 heterocycles. The van der Waals surface area contributed by atoms with Crippen LogP contribution in [0.4, 0.5) is 0 Å². The number of methoxy groups -OCH3 is 2. The maximum atomic E-state index is 5.78. The van der Waals surface area contributed by atoms with Gasteiger partial charge in [-0.2, -0.15) is 0 Å². The van der Waals surface area contributed by atoms with E-state index in [-0.39, 0.29) is 6.10 Å². The maximum absolute atomic E-state index is 5.78. The Morgan fingerprint density at radius 2 is 1.49 bits per heavy atom. The van der Waals surface area contributed by atoms with Crippen LogP contribution in [0.15, 0.2) is 84.0 Å². The second kappa shape index (κ2) is 12.3. The number of rotatable bonds is 10. The Morgan fingerprint density at radius 1 is 0.838 bits per heavy atom. The average Bonchev–Trinajstić information content (AvgIpc) is 3.44. The molecule has 6 nitrogen and oxygen atoms in total. The third-order valence-electron chi connectivity index (χ3n) is 7.45. The van der Waals surface area contributed by atoms with Crippen molar-refractivity contribution in [3.05, 3.63) is 95.6 Å². The smallest absolute Gasteiger partial charge is 0.161 e. The fraction of sp³-hybridized carbons (Fsp3) is 0.387. The van der Waals surface area contributed by atoms with E-state index in [0.717, 1.165) is 69.0 Å². The van der Waals surface area contributed by atoms with E-state index in [1.54, 1.807) is 14.2 Å². The maximum Gasteiger partial charge on any atom is 0.161 e. The van der Waals surface area contributed by atoms with Gasteiger partial charge in [-0.3, -0.25) is 4.90 Å². The number of ether oxygens (including phenoxy) is 2. The van der Waals surface area contributed by atoms with Crippen LogP contribution in [0.3, 0.4) is 0 Å². The van der Waals surface area contributed by atoms with Gasteiger partial charge >= 0.3 is 0 Å². The molecule has 2 aliphatic heterocycles. The van der Waals surface area contributed by atoms with Crippen molar-refractivity contribution in [2.75, 3.05) is 46.9 Å². The van der Waals surface area contributed by atoms with Crippen LogP contribution in [0.25, 0.3) is 0 Å². The first-order valence-corrected chi connectivity index (χ1v) is 13.3. The third kappa shape index (κ3) is 6.14. The number of piperazine rings is 1. The third-order valence-corrected chi connectivity index (χ3v) is 7.45. The minimum Gasteiger partial charge on any atom is -0.493 e. The van der Waals surface area contributed by atoms with E-state index in [1.165, 1.54) is 11.1 Å². The standard InChI is InChI=1S/C31H37N3O3/c1-35-29-16-15-26(22-30(29)36-2)28-23-27(37-32-28)14-9-17-33-18-20-34(21-19-33)31(24-10-5-3-6-11-24)25-12-7-4-8-13-25/h3-8,10-13,15-16,22,27,31H,9,14,17-21,23H2,1-2H3. The number of benzene rings is 3. The number of nitrogens with zero attached hydrogens (tertiary/aromatic N) is 3. The summed E-state index contributed by atoms with van der Waals surface area (Å²) in [5, 5.41) is 4.37. The zero-order valence-corrected chi connectivity index (χ0v) is 21.9. The Bertz CT molecular complexity index is 1120. The molecule has 0 bridgehead atoms. The molecule has 0 spiro atoms. The molecule has 0 radical (unpaired) electrons. The lowest BCUT2D eigenvalue weighted by Gasteiger charge is -2.40. The molecule has 1 saturated heterocycles. The molecule has 1 unspecified atom stereocenters. The van der Waals surface area contributed by atoms with Crippen molar-refractivity contribution in [3.8, 4) is 11.5 Å². The van der Waals surface area contributed by atoms with Gasteiger partial charge < -0.3 is 19.2 Å². The van der Waals surface area contributed by atoms with E-state index in [9.17, 15) is 0 Å². The topological polar surface area (TPSA) is 46.5 Å². The van der Waals surface area contributed by atoms with Crippen LogP contribution in [0, 0.1) is 0 Å². The van der Waals surface area contributed by atoms with E-state index in [4.69, 9.17) is 14.3 Å². The summed E-state index contributed by atoms with van der Waals surface area (Å²) in [5.41, 5.74) is 4.74. The van der Waals surface area contributed by atoms with Crippen LogP contribution >= 0.6 is 0 Å². The van der Waals surface area contributed by atoms with Gasteiger partial charge in [0, 0.05) is 38.2 Å². The summed E-state index contributed by atoms with van der Waals surface area (Å²) in [6, 6.07) is 28.0. The summed E-state index contributed by atoms with van der Waals surface area (Å²) in [5.74, 6) is 1.44. The SMILES string of the molecule is COc1ccc(C2=NOC(CCCN3CCN(C(c4ccccc4)c4ccccc4)CC3)C2)cc1OC. The normalized spacial score (nSPS) is 18.5. The van der Waals surface area contributed by atoms with E-state index >= 15 is 0 Å². The first-order chi connectivity index (χ1) is 18.2. The molecule has 0 aliphatic carbocycles. The van der Waals surface area contributed by atoms with Crippen molar-refractivity contribution in [1.82, 2.24) is 9.80 Å². The minimum absolute atomic E-state index is 0.143. The van der Waals surface area contributed by atoms with Crippen molar-refractivity contribution in [2.24, 2.45) is 5.16 Å². The average molecular weight is 500 g/mol. The molecule has 37 heavy (non-hydrogen) atoms. The number of hydrogen-bond acceptors (Lipinski definition) is 6. The largest absolute Gasteiger partial charge is 0.493 e. The summed E-state index contributed by atoms with van der Waals surface area (Å²) < 4.78 is 10.8. The van der Waals surface area contributed by atoms with Crippen LogP contribution in [-0.4, -0.2) is 68.6 Å². The van der Waals surface area contributed by atoms with E-state index in [0.29, 0.717) is 11.8 Å². The highest BCUT2D eigenvalue weighted by Crippen LogP contribution is 2.31. The van der Waals surface area contributed by atoms with Gasteiger partial charge in [0.05, 0.1) is 26.0 Å². The zero-order chi connectivity index (χ0) is 25.5. The van der Waals surface area contributed by atoms with Crippen molar-refractivity contribution < 1.29 is 14.3 Å². The molecule has 3 aromatic carbocycles. The monoisotopic (exact) mass is 499 g/mol. The molecule has 1 atom stereocenters. The van der Waals surface area contributed by atoms with Gasteiger partial charge in [0.2, 0.25) is 0 Å². The second-order valence-corrected chi connectivity index (χ2v) is 9.78. The molecule has 3 aromatic rings. The van der Waals surface area contributed by atoms with Crippen molar-refractivity contribution in [2.45, 2.75) is 31.4 Å². The second-order valence-electron chi connectivity index (χ2n) is 9.78. The van der Waals surface area contributed by atoms with Crippen molar-refractivity contribution in [3.63, 3.8) is 0 Å². The van der Waals surface area contributed by atoms with Crippen LogP contribution in [0.5, 0.6) is 11.5 Å². The van der Waals surface area contributed by atoms with Gasteiger partial charge in [-0.05, 0) is 48.7 Å². The first kappa shape index (κ1) is 25.3. The summed E-state index contributed by atoms with van der Waals surface area (Å²) in [6.07, 6.45) is 3.10. The number of oxime groups is 1. The van der Waals surface area contributed by atoms with Gasteiger partial charge in [0.1, 0.15) is 6.10 Å².